The van der Waals surface area contributed by atoms with E-state index >= 15 is 0 Å². The molecule has 4 heteroatoms. The molecule has 0 spiro atoms. The van der Waals surface area contributed by atoms with Crippen LogP contribution in [0.5, 0.6) is 0 Å². The smallest absolute Gasteiger partial charge is 0.199 e. The average Bonchev–Trinajstić information content (AvgIpc) is 2.06. The van der Waals surface area contributed by atoms with Gasteiger partial charge in [0.05, 0.1) is 0 Å². The van der Waals surface area contributed by atoms with E-state index in [0.717, 1.165) is 0 Å². The fourth-order valence-corrected chi connectivity index (χ4v) is 1.51. The minimum Gasteiger partial charge on any atom is -0.199 e. The predicted octanol–water partition coefficient (Wildman–Crippen LogP) is 3.97. The molecule has 1 aromatic carbocycles. The Morgan fingerprint density at radius 1 is 1.08 bits per heavy atom. The van der Waals surface area contributed by atoms with Gasteiger partial charge >= 0.3 is 0 Å². The Balaban J connectivity index is 2.98. The Bertz CT molecular complexity index is 246. The van der Waals surface area contributed by atoms with Gasteiger partial charge in [-0.15, -0.1) is 0 Å². The van der Waals surface area contributed by atoms with Gasteiger partial charge < -0.3 is 0 Å². The van der Waals surface area contributed by atoms with Gasteiger partial charge in [-0.1, -0.05) is 75.5 Å². The highest BCUT2D eigenvalue weighted by Crippen LogP contribution is 2.39. The molecular weight excluding hydrogens is 388 g/mol. The molecule has 0 saturated heterocycles. The molecule has 0 aliphatic heterocycles. The highest BCUT2D eigenvalue weighted by atomic mass is 127. The van der Waals surface area contributed by atoms with Gasteiger partial charge in [-0.2, -0.15) is 8.78 Å². The van der Waals surface area contributed by atoms with Crippen molar-refractivity contribution in [2.45, 2.75) is 7.85 Å². The van der Waals surface area contributed by atoms with Crippen molar-refractivity contribution in [2.24, 2.45) is 0 Å². The van der Waals surface area contributed by atoms with Gasteiger partial charge in [-0.3, -0.25) is 0 Å². The summed E-state index contributed by atoms with van der Waals surface area (Å²) in [5.74, 6) is -2.73. The topological polar surface area (TPSA) is 0 Å². The molecule has 0 aromatic heterocycles. The third-order valence-electron chi connectivity index (χ3n) is 1.43. The number of hydrogen-bond acceptors (Lipinski definition) is 0. The van der Waals surface area contributed by atoms with Gasteiger partial charge in [0.25, 0.3) is 5.92 Å². The van der Waals surface area contributed by atoms with Crippen LogP contribution >= 0.6 is 45.2 Å². The molecule has 1 aromatic rings. The van der Waals surface area contributed by atoms with Gasteiger partial charge in [0.1, 0.15) is 1.93 Å². The van der Waals surface area contributed by atoms with Crippen LogP contribution in [-0.2, 0) is 5.92 Å². The summed E-state index contributed by atoms with van der Waals surface area (Å²) in [7, 11) is 0. The molecule has 12 heavy (non-hydrogen) atoms. The van der Waals surface area contributed by atoms with E-state index in [1.165, 1.54) is 12.1 Å². The summed E-state index contributed by atoms with van der Waals surface area (Å²) in [5.41, 5.74) is 0.0822. The van der Waals surface area contributed by atoms with Crippen LogP contribution in [0.15, 0.2) is 30.3 Å². The zero-order chi connectivity index (χ0) is 9.19. The van der Waals surface area contributed by atoms with Gasteiger partial charge in [-0.25, -0.2) is 0 Å². The molecule has 0 aliphatic carbocycles. The van der Waals surface area contributed by atoms with E-state index in [1.807, 2.05) is 0 Å². The maximum absolute atomic E-state index is 13.3. The van der Waals surface area contributed by atoms with Gasteiger partial charge in [0, 0.05) is 5.56 Å². The van der Waals surface area contributed by atoms with Crippen molar-refractivity contribution in [3.05, 3.63) is 35.9 Å². The summed E-state index contributed by atoms with van der Waals surface area (Å²) < 4.78 is 25.8. The summed E-state index contributed by atoms with van der Waals surface area (Å²) in [6.07, 6.45) is 0. The monoisotopic (exact) mass is 394 g/mol. The van der Waals surface area contributed by atoms with Crippen molar-refractivity contribution < 1.29 is 8.78 Å². The molecule has 0 aliphatic rings. The maximum Gasteiger partial charge on any atom is 0.293 e. The van der Waals surface area contributed by atoms with Gasteiger partial charge in [0.2, 0.25) is 0 Å². The largest absolute Gasteiger partial charge is 0.293 e. The summed E-state index contributed by atoms with van der Waals surface area (Å²) in [6.45, 7) is 0. The lowest BCUT2D eigenvalue weighted by atomic mass is 10.1. The number of alkyl halides is 4. The van der Waals surface area contributed by atoms with Gasteiger partial charge in [-0.05, 0) is 0 Å². The second kappa shape index (κ2) is 4.17. The normalized spacial score (nSPS) is 12.1. The molecule has 0 nitrogen and oxygen atoms in total. The Morgan fingerprint density at radius 3 is 2.00 bits per heavy atom. The lowest BCUT2D eigenvalue weighted by Crippen LogP contribution is -2.20. The van der Waals surface area contributed by atoms with Crippen LogP contribution in [0, 0.1) is 0 Å². The Labute approximate surface area is 97.0 Å². The van der Waals surface area contributed by atoms with E-state index in [0.29, 0.717) is 0 Å². The van der Waals surface area contributed by atoms with Crippen LogP contribution in [-0.4, -0.2) is 1.93 Å². The quantitative estimate of drug-likeness (QED) is 0.526. The predicted molar refractivity (Wildman–Crippen MR) is 62.2 cm³/mol. The molecule has 0 atom stereocenters. The Morgan fingerprint density at radius 2 is 1.58 bits per heavy atom. The summed E-state index contributed by atoms with van der Waals surface area (Å²) in [5, 5.41) is 0. The van der Waals surface area contributed by atoms with Crippen LogP contribution in [0.2, 0.25) is 0 Å². The zero-order valence-corrected chi connectivity index (χ0v) is 10.3. The molecule has 0 heterocycles. The zero-order valence-electron chi connectivity index (χ0n) is 5.98. The SMILES string of the molecule is FC(F)(c1ccccc1)C(I)I. The third-order valence-corrected chi connectivity index (χ3v) is 3.00. The van der Waals surface area contributed by atoms with Crippen molar-refractivity contribution >= 4 is 45.2 Å². The van der Waals surface area contributed by atoms with Crippen molar-refractivity contribution in [1.29, 1.82) is 0 Å². The molecule has 0 saturated carbocycles. The van der Waals surface area contributed by atoms with Crippen LogP contribution in [0.1, 0.15) is 5.56 Å². The molecule has 1 rings (SSSR count). The first kappa shape index (κ1) is 10.6. The maximum atomic E-state index is 13.3. The van der Waals surface area contributed by atoms with Gasteiger partial charge in [0.15, 0.2) is 0 Å². The van der Waals surface area contributed by atoms with E-state index < -0.39 is 7.85 Å². The number of halogens is 4. The second-order valence-corrected chi connectivity index (χ2v) is 7.16. The minimum absolute atomic E-state index is 0.0822. The van der Waals surface area contributed by atoms with Crippen LogP contribution < -0.4 is 0 Å². The van der Waals surface area contributed by atoms with Crippen molar-refractivity contribution in [3.63, 3.8) is 0 Å². The van der Waals surface area contributed by atoms with E-state index in [1.54, 1.807) is 63.4 Å². The molecule has 0 radical (unpaired) electrons. The van der Waals surface area contributed by atoms with E-state index in [4.69, 9.17) is 0 Å². The van der Waals surface area contributed by atoms with Crippen molar-refractivity contribution in [1.82, 2.24) is 0 Å². The standard InChI is InChI=1S/C8H6F2I2/c9-8(10,7(11)12)6-4-2-1-3-5-6/h1-5,7H. The third kappa shape index (κ3) is 2.27. The molecule has 0 unspecified atom stereocenters. The van der Waals surface area contributed by atoms with Crippen molar-refractivity contribution in [3.8, 4) is 0 Å². The molecule has 0 fully saturated rings. The Hall–Kier alpha value is 0.540. The van der Waals surface area contributed by atoms with Crippen LogP contribution in [0.25, 0.3) is 0 Å². The first-order chi connectivity index (χ1) is 5.55. The van der Waals surface area contributed by atoms with Crippen LogP contribution in [0.4, 0.5) is 8.78 Å². The fraction of sp³-hybridized carbons (Fsp3) is 0.250. The first-order valence-corrected chi connectivity index (χ1v) is 5.76. The number of hydrogen-bond donors (Lipinski definition) is 0. The van der Waals surface area contributed by atoms with E-state index in [-0.39, 0.29) is 5.56 Å². The summed E-state index contributed by atoms with van der Waals surface area (Å²) >= 11 is 3.45. The summed E-state index contributed by atoms with van der Waals surface area (Å²) in [6, 6.07) is 7.88. The summed E-state index contributed by atoms with van der Waals surface area (Å²) in [4.78, 5) is 0. The minimum atomic E-state index is -2.73. The number of rotatable bonds is 2. The van der Waals surface area contributed by atoms with Crippen LogP contribution in [0.3, 0.4) is 0 Å². The Kier molecular flexibility index (Phi) is 3.69. The fourth-order valence-electron chi connectivity index (χ4n) is 0.786. The molecular formula is C8H6F2I2. The first-order valence-electron chi connectivity index (χ1n) is 3.26. The molecule has 0 bridgehead atoms. The van der Waals surface area contributed by atoms with Crippen molar-refractivity contribution in [2.75, 3.05) is 0 Å². The highest BCUT2D eigenvalue weighted by Gasteiger charge is 2.37. The molecule has 0 N–H and O–H groups in total. The molecule has 66 valence electrons. The second-order valence-electron chi connectivity index (χ2n) is 2.29. The highest BCUT2D eigenvalue weighted by molar-refractivity contribution is 14.2. The van der Waals surface area contributed by atoms with E-state index in [2.05, 4.69) is 0 Å². The molecule has 0 amide bonds. The van der Waals surface area contributed by atoms with E-state index in [9.17, 15) is 8.78 Å². The lowest BCUT2D eigenvalue weighted by Gasteiger charge is -2.17. The number of benzene rings is 1. The average molecular weight is 394 g/mol. The lowest BCUT2D eigenvalue weighted by molar-refractivity contribution is 0.0219.